The second-order valence-electron chi connectivity index (χ2n) is 8.33. The van der Waals surface area contributed by atoms with E-state index in [1.807, 2.05) is 93.6 Å². The Labute approximate surface area is 181 Å². The van der Waals surface area contributed by atoms with Gasteiger partial charge in [0.1, 0.15) is 5.92 Å². The maximum Gasteiger partial charge on any atom is 0.266 e. The number of hydrogen-bond donors (Lipinski definition) is 0. The van der Waals surface area contributed by atoms with Gasteiger partial charge in [-0.25, -0.2) is 9.96 Å². The molecule has 0 spiro atoms. The molecule has 5 rings (SSSR count). The summed E-state index contributed by atoms with van der Waals surface area (Å²) in [5.74, 6) is -1.13. The molecular formula is C26H24N2O3. The predicted octanol–water partition coefficient (Wildman–Crippen LogP) is 4.66. The van der Waals surface area contributed by atoms with E-state index in [0.717, 1.165) is 27.9 Å². The molecule has 5 heteroatoms. The van der Waals surface area contributed by atoms with Crippen molar-refractivity contribution in [1.82, 2.24) is 0 Å². The highest BCUT2D eigenvalue weighted by atomic mass is 16.7. The molecule has 0 aromatic heterocycles. The van der Waals surface area contributed by atoms with Gasteiger partial charge in [0.2, 0.25) is 5.91 Å². The molecule has 2 fully saturated rings. The first kappa shape index (κ1) is 19.5. The number of amides is 2. The highest BCUT2D eigenvalue weighted by Gasteiger charge is 2.60. The second kappa shape index (κ2) is 7.36. The van der Waals surface area contributed by atoms with E-state index in [2.05, 4.69) is 0 Å². The van der Waals surface area contributed by atoms with Crippen LogP contribution < -0.4 is 9.96 Å². The molecule has 156 valence electrons. The van der Waals surface area contributed by atoms with E-state index in [1.165, 1.54) is 4.90 Å². The Morgan fingerprint density at radius 2 is 1.35 bits per heavy atom. The van der Waals surface area contributed by atoms with E-state index < -0.39 is 12.0 Å². The molecule has 3 aromatic carbocycles. The summed E-state index contributed by atoms with van der Waals surface area (Å²) in [6.45, 7) is 5.89. The number of carbonyl (C=O) groups excluding carboxylic acids is 2. The maximum atomic E-state index is 13.7. The number of carbonyl (C=O) groups is 2. The standard InChI is InChI=1S/C26H24N2O3/c1-16-14-17(2)22(18(3)15-16)27-25(29)21-23(19-10-6-4-7-11-19)28(31-24(21)26(27)30)20-12-8-5-9-13-20/h4-15,21,23-24H,1-3H3/t21-,23+,24+/m0/s1. The van der Waals surface area contributed by atoms with Crippen LogP contribution in [-0.4, -0.2) is 17.9 Å². The summed E-state index contributed by atoms with van der Waals surface area (Å²) in [6.07, 6.45) is -0.849. The molecule has 2 saturated heterocycles. The Morgan fingerprint density at radius 1 is 0.774 bits per heavy atom. The summed E-state index contributed by atoms with van der Waals surface area (Å²) in [7, 11) is 0. The van der Waals surface area contributed by atoms with E-state index >= 15 is 0 Å². The SMILES string of the molecule is Cc1cc(C)c(N2C(=O)[C@H]3[C@@H](c4ccccc4)N(c4ccccc4)O[C@H]3C2=O)c(C)c1. The lowest BCUT2D eigenvalue weighted by atomic mass is 9.90. The lowest BCUT2D eigenvalue weighted by Gasteiger charge is -2.29. The van der Waals surface area contributed by atoms with Crippen LogP contribution in [0.2, 0.25) is 0 Å². The van der Waals surface area contributed by atoms with Gasteiger partial charge in [0.25, 0.3) is 5.91 Å². The van der Waals surface area contributed by atoms with Crippen molar-refractivity contribution in [2.75, 3.05) is 9.96 Å². The molecule has 2 aliphatic heterocycles. The van der Waals surface area contributed by atoms with Crippen LogP contribution in [0.25, 0.3) is 0 Å². The number of nitrogens with zero attached hydrogens (tertiary/aromatic N) is 2. The molecule has 2 aliphatic rings. The fourth-order valence-electron chi connectivity index (χ4n) is 4.95. The molecule has 0 aliphatic carbocycles. The molecule has 31 heavy (non-hydrogen) atoms. The maximum absolute atomic E-state index is 13.7. The molecule has 0 unspecified atom stereocenters. The van der Waals surface area contributed by atoms with E-state index in [4.69, 9.17) is 4.84 Å². The zero-order valence-electron chi connectivity index (χ0n) is 17.8. The summed E-state index contributed by atoms with van der Waals surface area (Å²) in [4.78, 5) is 34.8. The number of rotatable bonds is 3. The van der Waals surface area contributed by atoms with Gasteiger partial charge in [-0.05, 0) is 49.6 Å². The van der Waals surface area contributed by atoms with Crippen molar-refractivity contribution in [2.24, 2.45) is 5.92 Å². The molecule has 2 amide bonds. The van der Waals surface area contributed by atoms with Crippen molar-refractivity contribution in [3.8, 4) is 0 Å². The van der Waals surface area contributed by atoms with Gasteiger partial charge >= 0.3 is 0 Å². The first-order valence-electron chi connectivity index (χ1n) is 10.5. The number of imide groups is 1. The largest absolute Gasteiger partial charge is 0.273 e. The van der Waals surface area contributed by atoms with Crippen LogP contribution in [-0.2, 0) is 14.4 Å². The molecule has 0 radical (unpaired) electrons. The molecule has 5 nitrogen and oxygen atoms in total. The fourth-order valence-corrected chi connectivity index (χ4v) is 4.95. The van der Waals surface area contributed by atoms with Crippen molar-refractivity contribution >= 4 is 23.2 Å². The minimum atomic E-state index is -0.849. The van der Waals surface area contributed by atoms with Crippen LogP contribution in [0.1, 0.15) is 28.3 Å². The predicted molar refractivity (Wildman–Crippen MR) is 120 cm³/mol. The lowest BCUT2D eigenvalue weighted by Crippen LogP contribution is -2.38. The number of anilines is 2. The third kappa shape index (κ3) is 3.04. The van der Waals surface area contributed by atoms with Crippen LogP contribution in [0.15, 0.2) is 72.8 Å². The molecule has 0 N–H and O–H groups in total. The lowest BCUT2D eigenvalue weighted by molar-refractivity contribution is -0.126. The van der Waals surface area contributed by atoms with Crippen LogP contribution >= 0.6 is 0 Å². The van der Waals surface area contributed by atoms with Gasteiger partial charge in [0, 0.05) is 0 Å². The number of hydroxylamine groups is 1. The van der Waals surface area contributed by atoms with E-state index in [1.54, 1.807) is 5.06 Å². The smallest absolute Gasteiger partial charge is 0.266 e. The average molecular weight is 412 g/mol. The number of benzene rings is 3. The number of aryl methyl sites for hydroxylation is 3. The van der Waals surface area contributed by atoms with Crippen molar-refractivity contribution in [3.05, 3.63) is 95.1 Å². The quantitative estimate of drug-likeness (QED) is 0.587. The average Bonchev–Trinajstić information content (AvgIpc) is 3.26. The summed E-state index contributed by atoms with van der Waals surface area (Å²) < 4.78 is 0. The van der Waals surface area contributed by atoms with E-state index in [-0.39, 0.29) is 17.9 Å². The van der Waals surface area contributed by atoms with Gasteiger partial charge in [-0.3, -0.25) is 14.4 Å². The van der Waals surface area contributed by atoms with Gasteiger partial charge in [0.15, 0.2) is 6.10 Å². The van der Waals surface area contributed by atoms with Crippen molar-refractivity contribution in [3.63, 3.8) is 0 Å². The molecule has 3 atom stereocenters. The normalized spacial score (nSPS) is 22.9. The summed E-state index contributed by atoms with van der Waals surface area (Å²) in [6, 6.07) is 23.0. The molecule has 0 saturated carbocycles. The second-order valence-corrected chi connectivity index (χ2v) is 8.33. The van der Waals surface area contributed by atoms with Crippen LogP contribution in [0.4, 0.5) is 11.4 Å². The molecule has 0 bridgehead atoms. The third-order valence-electron chi connectivity index (χ3n) is 6.13. The number of para-hydroxylation sites is 1. The van der Waals surface area contributed by atoms with E-state index in [9.17, 15) is 9.59 Å². The van der Waals surface area contributed by atoms with Gasteiger partial charge in [0.05, 0.1) is 17.4 Å². The molecular weight excluding hydrogens is 388 g/mol. The van der Waals surface area contributed by atoms with Crippen LogP contribution in [0.5, 0.6) is 0 Å². The van der Waals surface area contributed by atoms with E-state index in [0.29, 0.717) is 5.69 Å². The Morgan fingerprint density at radius 3 is 1.97 bits per heavy atom. The summed E-state index contributed by atoms with van der Waals surface area (Å²) >= 11 is 0. The third-order valence-corrected chi connectivity index (χ3v) is 6.13. The first-order chi connectivity index (χ1) is 15.0. The van der Waals surface area contributed by atoms with Crippen molar-refractivity contribution < 1.29 is 14.4 Å². The highest BCUT2D eigenvalue weighted by Crippen LogP contribution is 2.48. The van der Waals surface area contributed by atoms with Gasteiger partial charge in [-0.1, -0.05) is 66.2 Å². The Balaban J connectivity index is 1.61. The van der Waals surface area contributed by atoms with Crippen molar-refractivity contribution in [2.45, 2.75) is 32.9 Å². The van der Waals surface area contributed by atoms with Crippen molar-refractivity contribution in [1.29, 1.82) is 0 Å². The summed E-state index contributed by atoms with van der Waals surface area (Å²) in [5, 5.41) is 1.73. The zero-order chi connectivity index (χ0) is 21.7. The van der Waals surface area contributed by atoms with Crippen LogP contribution in [0.3, 0.4) is 0 Å². The molecule has 2 heterocycles. The number of fused-ring (bicyclic) bond motifs is 1. The Bertz CT molecular complexity index is 1140. The van der Waals surface area contributed by atoms with Gasteiger partial charge < -0.3 is 0 Å². The minimum Gasteiger partial charge on any atom is -0.273 e. The first-order valence-corrected chi connectivity index (χ1v) is 10.5. The number of hydrogen-bond acceptors (Lipinski definition) is 4. The van der Waals surface area contributed by atoms with Crippen LogP contribution in [0, 0.1) is 26.7 Å². The van der Waals surface area contributed by atoms with Gasteiger partial charge in [-0.2, -0.15) is 0 Å². The topological polar surface area (TPSA) is 49.9 Å². The fraction of sp³-hybridized carbons (Fsp3) is 0.231. The minimum absolute atomic E-state index is 0.211. The Kier molecular flexibility index (Phi) is 4.63. The Hall–Kier alpha value is -3.44. The molecule has 3 aromatic rings. The van der Waals surface area contributed by atoms with Gasteiger partial charge in [-0.15, -0.1) is 0 Å². The summed E-state index contributed by atoms with van der Waals surface area (Å²) in [5.41, 5.74) is 5.37. The zero-order valence-corrected chi connectivity index (χ0v) is 17.8. The monoisotopic (exact) mass is 412 g/mol. The highest BCUT2D eigenvalue weighted by molar-refractivity contribution is 6.24.